The lowest BCUT2D eigenvalue weighted by Crippen LogP contribution is -2.31. The van der Waals surface area contributed by atoms with Gasteiger partial charge in [0.2, 0.25) is 5.91 Å². The Labute approximate surface area is 148 Å². The monoisotopic (exact) mass is 346 g/mol. The number of rotatable bonds is 8. The summed E-state index contributed by atoms with van der Waals surface area (Å²) in [7, 11) is 0. The Morgan fingerprint density at radius 1 is 1.33 bits per heavy atom. The molecule has 0 aliphatic rings. The Bertz CT molecular complexity index is 683. The van der Waals surface area contributed by atoms with E-state index in [4.69, 9.17) is 0 Å². The second kappa shape index (κ2) is 8.87. The number of amides is 1. The van der Waals surface area contributed by atoms with Crippen LogP contribution in [0.3, 0.4) is 0 Å². The maximum atomic E-state index is 12.2. The van der Waals surface area contributed by atoms with Crippen molar-refractivity contribution in [2.75, 3.05) is 6.54 Å². The lowest BCUT2D eigenvalue weighted by Gasteiger charge is -2.12. The Hall–Kier alpha value is -1.82. The highest BCUT2D eigenvalue weighted by atomic mass is 32.2. The van der Waals surface area contributed by atoms with Gasteiger partial charge < -0.3 is 9.88 Å². The molecule has 1 aromatic carbocycles. The van der Waals surface area contributed by atoms with Crippen LogP contribution in [0.2, 0.25) is 0 Å². The molecule has 1 N–H and O–H groups in total. The predicted molar refractivity (Wildman–Crippen MR) is 99.1 cm³/mol. The number of thioether (sulfide) groups is 1. The summed E-state index contributed by atoms with van der Waals surface area (Å²) in [5.41, 5.74) is 2.24. The van der Waals surface area contributed by atoms with Crippen molar-refractivity contribution in [1.29, 1.82) is 0 Å². The molecule has 6 heteroatoms. The minimum absolute atomic E-state index is 0.0520. The fourth-order valence-electron chi connectivity index (χ4n) is 2.40. The van der Waals surface area contributed by atoms with Crippen LogP contribution in [0, 0.1) is 6.92 Å². The van der Waals surface area contributed by atoms with Crippen molar-refractivity contribution < 1.29 is 4.79 Å². The van der Waals surface area contributed by atoms with Crippen LogP contribution in [0.4, 0.5) is 0 Å². The van der Waals surface area contributed by atoms with E-state index < -0.39 is 0 Å². The molecule has 1 aromatic heterocycles. The van der Waals surface area contributed by atoms with Gasteiger partial charge in [0.15, 0.2) is 11.0 Å². The number of aryl methyl sites for hydroxylation is 1. The van der Waals surface area contributed by atoms with Crippen molar-refractivity contribution >= 4 is 17.7 Å². The van der Waals surface area contributed by atoms with Gasteiger partial charge in [-0.2, -0.15) is 0 Å². The fourth-order valence-corrected chi connectivity index (χ4v) is 3.34. The molecule has 0 aliphatic heterocycles. The van der Waals surface area contributed by atoms with Gasteiger partial charge in [-0.3, -0.25) is 4.79 Å². The number of aromatic nitrogens is 3. The molecule has 1 amide bonds. The number of nitrogens with one attached hydrogen (secondary N) is 1. The predicted octanol–water partition coefficient (Wildman–Crippen LogP) is 3.67. The van der Waals surface area contributed by atoms with Gasteiger partial charge in [-0.1, -0.05) is 48.9 Å². The number of benzene rings is 1. The zero-order chi connectivity index (χ0) is 17.5. The van der Waals surface area contributed by atoms with Crippen molar-refractivity contribution in [2.24, 2.45) is 0 Å². The summed E-state index contributed by atoms with van der Waals surface area (Å²) in [6.07, 6.45) is 2.08. The molecule has 0 spiro atoms. The Kier molecular flexibility index (Phi) is 6.85. The summed E-state index contributed by atoms with van der Waals surface area (Å²) >= 11 is 1.46. The standard InChI is InChI=1S/C18H26N4OS/c1-5-7-11-19-17(23)14(4)24-18-21-20-16(22(18)6-2)15-10-8-9-13(3)12-15/h8-10,12,14H,5-7,11H2,1-4H3,(H,19,23). The Morgan fingerprint density at radius 2 is 2.12 bits per heavy atom. The molecule has 0 saturated carbocycles. The quantitative estimate of drug-likeness (QED) is 0.585. The molecular weight excluding hydrogens is 320 g/mol. The van der Waals surface area contributed by atoms with Gasteiger partial charge in [-0.25, -0.2) is 0 Å². The van der Waals surface area contributed by atoms with E-state index in [0.717, 1.165) is 42.5 Å². The van der Waals surface area contributed by atoms with Crippen LogP contribution < -0.4 is 5.32 Å². The van der Waals surface area contributed by atoms with Gasteiger partial charge in [-0.05, 0) is 33.3 Å². The van der Waals surface area contributed by atoms with Crippen molar-refractivity contribution in [3.63, 3.8) is 0 Å². The lowest BCUT2D eigenvalue weighted by molar-refractivity contribution is -0.120. The van der Waals surface area contributed by atoms with E-state index in [0.29, 0.717) is 0 Å². The van der Waals surface area contributed by atoms with Crippen LogP contribution in [0.15, 0.2) is 29.4 Å². The van der Waals surface area contributed by atoms with Crippen LogP contribution in [0.1, 0.15) is 39.2 Å². The van der Waals surface area contributed by atoms with E-state index in [-0.39, 0.29) is 11.2 Å². The SMILES string of the molecule is CCCCNC(=O)C(C)Sc1nnc(-c2cccc(C)c2)n1CC. The number of hydrogen-bond acceptors (Lipinski definition) is 4. The van der Waals surface area contributed by atoms with E-state index in [1.165, 1.54) is 17.3 Å². The Morgan fingerprint density at radius 3 is 2.79 bits per heavy atom. The Balaban J connectivity index is 2.13. The molecule has 130 valence electrons. The molecule has 0 bridgehead atoms. The second-order valence-corrected chi connectivity index (χ2v) is 7.13. The van der Waals surface area contributed by atoms with Crippen LogP contribution >= 0.6 is 11.8 Å². The average molecular weight is 347 g/mol. The minimum Gasteiger partial charge on any atom is -0.355 e. The molecule has 5 nitrogen and oxygen atoms in total. The maximum absolute atomic E-state index is 12.2. The highest BCUT2D eigenvalue weighted by Gasteiger charge is 2.20. The van der Waals surface area contributed by atoms with E-state index >= 15 is 0 Å². The van der Waals surface area contributed by atoms with Gasteiger partial charge in [-0.15, -0.1) is 10.2 Å². The van der Waals surface area contributed by atoms with Crippen LogP contribution in [-0.2, 0) is 11.3 Å². The van der Waals surface area contributed by atoms with Gasteiger partial charge in [0.25, 0.3) is 0 Å². The summed E-state index contributed by atoms with van der Waals surface area (Å²) in [5, 5.41) is 12.2. The number of hydrogen-bond donors (Lipinski definition) is 1. The summed E-state index contributed by atoms with van der Waals surface area (Å²) in [6.45, 7) is 9.65. The number of unbranched alkanes of at least 4 members (excludes halogenated alkanes) is 1. The van der Waals surface area contributed by atoms with Crippen molar-refractivity contribution in [3.8, 4) is 11.4 Å². The molecule has 2 aromatic rings. The molecule has 2 rings (SSSR count). The molecule has 0 saturated heterocycles. The summed E-state index contributed by atoms with van der Waals surface area (Å²) in [6, 6.07) is 8.23. The van der Waals surface area contributed by atoms with Crippen molar-refractivity contribution in [3.05, 3.63) is 29.8 Å². The van der Waals surface area contributed by atoms with Gasteiger partial charge in [0, 0.05) is 18.7 Å². The smallest absolute Gasteiger partial charge is 0.233 e. The molecule has 1 heterocycles. The first-order valence-corrected chi connectivity index (χ1v) is 9.39. The average Bonchev–Trinajstić information content (AvgIpc) is 2.97. The molecule has 1 unspecified atom stereocenters. The zero-order valence-corrected chi connectivity index (χ0v) is 15.7. The molecule has 24 heavy (non-hydrogen) atoms. The highest BCUT2D eigenvalue weighted by Crippen LogP contribution is 2.27. The summed E-state index contributed by atoms with van der Waals surface area (Å²) in [5.74, 6) is 0.901. The molecule has 1 atom stereocenters. The number of carbonyl (C=O) groups is 1. The third kappa shape index (κ3) is 4.60. The summed E-state index contributed by atoms with van der Waals surface area (Å²) in [4.78, 5) is 12.2. The van der Waals surface area contributed by atoms with Crippen LogP contribution in [-0.4, -0.2) is 32.5 Å². The zero-order valence-electron chi connectivity index (χ0n) is 14.9. The third-order valence-electron chi connectivity index (χ3n) is 3.79. The molecular formula is C18H26N4OS. The van der Waals surface area contributed by atoms with E-state index in [9.17, 15) is 4.79 Å². The fraction of sp³-hybridized carbons (Fsp3) is 0.500. The number of carbonyl (C=O) groups excluding carboxylic acids is 1. The van der Waals surface area contributed by atoms with E-state index in [2.05, 4.69) is 53.0 Å². The maximum Gasteiger partial charge on any atom is 0.233 e. The molecule has 0 aliphatic carbocycles. The first-order chi connectivity index (χ1) is 11.6. The van der Waals surface area contributed by atoms with Crippen molar-refractivity contribution in [2.45, 2.75) is 57.5 Å². The topological polar surface area (TPSA) is 59.8 Å². The second-order valence-electron chi connectivity index (χ2n) is 5.82. The van der Waals surface area contributed by atoms with Gasteiger partial charge in [0.05, 0.1) is 5.25 Å². The van der Waals surface area contributed by atoms with Gasteiger partial charge in [0.1, 0.15) is 0 Å². The normalized spacial score (nSPS) is 12.2. The first kappa shape index (κ1) is 18.5. The minimum atomic E-state index is -0.193. The molecule has 0 radical (unpaired) electrons. The van der Waals surface area contributed by atoms with Gasteiger partial charge >= 0.3 is 0 Å². The highest BCUT2D eigenvalue weighted by molar-refractivity contribution is 8.00. The van der Waals surface area contributed by atoms with Crippen molar-refractivity contribution in [1.82, 2.24) is 20.1 Å². The van der Waals surface area contributed by atoms with E-state index in [1.807, 2.05) is 19.1 Å². The third-order valence-corrected chi connectivity index (χ3v) is 4.87. The lowest BCUT2D eigenvalue weighted by atomic mass is 10.1. The first-order valence-electron chi connectivity index (χ1n) is 8.51. The van der Waals surface area contributed by atoms with Crippen LogP contribution in [0.5, 0.6) is 0 Å². The molecule has 0 fully saturated rings. The number of nitrogens with zero attached hydrogens (tertiary/aromatic N) is 3. The van der Waals surface area contributed by atoms with Crippen LogP contribution in [0.25, 0.3) is 11.4 Å². The van der Waals surface area contributed by atoms with E-state index in [1.54, 1.807) is 0 Å². The largest absolute Gasteiger partial charge is 0.355 e. The summed E-state index contributed by atoms with van der Waals surface area (Å²) < 4.78 is 2.06.